The molecule has 0 aromatic carbocycles. The van der Waals surface area contributed by atoms with E-state index < -0.39 is 0 Å². The molecule has 1 amide bonds. The number of nitrogens with zero attached hydrogens (tertiary/aromatic N) is 3. The summed E-state index contributed by atoms with van der Waals surface area (Å²) in [5.41, 5.74) is 6.41. The molecule has 1 aliphatic rings. The minimum atomic E-state index is 0.147. The molecule has 1 aromatic rings. The van der Waals surface area contributed by atoms with Gasteiger partial charge in [0.1, 0.15) is 0 Å². The molecule has 2 N–H and O–H groups in total. The van der Waals surface area contributed by atoms with Gasteiger partial charge in [0.25, 0.3) is 0 Å². The highest BCUT2D eigenvalue weighted by atomic mass is 16.2. The van der Waals surface area contributed by atoms with Gasteiger partial charge < -0.3 is 10.6 Å². The standard InChI is InChI=1S/C9H14N4O/c1-12-6-8(4-11-12)13-5-7(3-10)2-9(13)14/h4,6-7H,2-3,5,10H2,1H3. The van der Waals surface area contributed by atoms with Gasteiger partial charge in [0.2, 0.25) is 5.91 Å². The maximum absolute atomic E-state index is 11.6. The fourth-order valence-corrected chi connectivity index (χ4v) is 1.74. The van der Waals surface area contributed by atoms with Gasteiger partial charge in [0.15, 0.2) is 0 Å². The highest BCUT2D eigenvalue weighted by Gasteiger charge is 2.30. The first-order chi connectivity index (χ1) is 6.70. The second-order valence-electron chi connectivity index (χ2n) is 3.68. The average Bonchev–Trinajstić information content (AvgIpc) is 2.71. The van der Waals surface area contributed by atoms with Gasteiger partial charge in [0, 0.05) is 26.2 Å². The minimum Gasteiger partial charge on any atom is -0.330 e. The first kappa shape index (κ1) is 9.21. The monoisotopic (exact) mass is 194 g/mol. The minimum absolute atomic E-state index is 0.147. The fraction of sp³-hybridized carbons (Fsp3) is 0.556. The Hall–Kier alpha value is -1.36. The van der Waals surface area contributed by atoms with E-state index in [2.05, 4.69) is 5.10 Å². The van der Waals surface area contributed by atoms with Crippen molar-refractivity contribution in [2.24, 2.45) is 18.7 Å². The molecule has 5 nitrogen and oxygen atoms in total. The number of hydrogen-bond donors (Lipinski definition) is 1. The maximum atomic E-state index is 11.6. The van der Waals surface area contributed by atoms with Gasteiger partial charge in [-0.1, -0.05) is 0 Å². The quantitative estimate of drug-likeness (QED) is 0.705. The van der Waals surface area contributed by atoms with E-state index in [1.165, 1.54) is 0 Å². The van der Waals surface area contributed by atoms with Crippen LogP contribution in [0, 0.1) is 5.92 Å². The number of anilines is 1. The zero-order chi connectivity index (χ0) is 10.1. The number of carbonyl (C=O) groups excluding carboxylic acids is 1. The smallest absolute Gasteiger partial charge is 0.227 e. The number of rotatable bonds is 2. The lowest BCUT2D eigenvalue weighted by Gasteiger charge is -2.13. The molecule has 14 heavy (non-hydrogen) atoms. The molecule has 0 saturated carbocycles. The van der Waals surface area contributed by atoms with E-state index in [9.17, 15) is 4.79 Å². The van der Waals surface area contributed by atoms with Crippen LogP contribution in [-0.2, 0) is 11.8 Å². The van der Waals surface area contributed by atoms with Gasteiger partial charge >= 0.3 is 0 Å². The molecule has 5 heteroatoms. The summed E-state index contributed by atoms with van der Waals surface area (Å²) >= 11 is 0. The van der Waals surface area contributed by atoms with Crippen LogP contribution in [0.3, 0.4) is 0 Å². The summed E-state index contributed by atoms with van der Waals surface area (Å²) in [6.07, 6.45) is 4.11. The molecule has 76 valence electrons. The van der Waals surface area contributed by atoms with Crippen LogP contribution < -0.4 is 10.6 Å². The van der Waals surface area contributed by atoms with Gasteiger partial charge in [-0.05, 0) is 12.5 Å². The zero-order valence-corrected chi connectivity index (χ0v) is 8.18. The molecule has 1 aliphatic heterocycles. The van der Waals surface area contributed by atoms with Crippen LogP contribution in [0.15, 0.2) is 12.4 Å². The van der Waals surface area contributed by atoms with E-state index in [0.29, 0.717) is 18.9 Å². The van der Waals surface area contributed by atoms with Gasteiger partial charge in [-0.3, -0.25) is 9.48 Å². The van der Waals surface area contributed by atoms with Crippen LogP contribution >= 0.6 is 0 Å². The van der Waals surface area contributed by atoms with Crippen molar-refractivity contribution in [3.8, 4) is 0 Å². The first-order valence-corrected chi connectivity index (χ1v) is 4.70. The molecule has 0 radical (unpaired) electrons. The van der Waals surface area contributed by atoms with Gasteiger partial charge in [-0.25, -0.2) is 0 Å². The molecule has 1 atom stereocenters. The van der Waals surface area contributed by atoms with Crippen LogP contribution in [0.1, 0.15) is 6.42 Å². The van der Waals surface area contributed by atoms with Gasteiger partial charge in [0.05, 0.1) is 11.9 Å². The number of carbonyl (C=O) groups is 1. The summed E-state index contributed by atoms with van der Waals surface area (Å²) in [4.78, 5) is 13.3. The summed E-state index contributed by atoms with van der Waals surface area (Å²) in [5, 5.41) is 4.04. The van der Waals surface area contributed by atoms with Crippen molar-refractivity contribution >= 4 is 11.6 Å². The summed E-state index contributed by atoms with van der Waals surface area (Å²) in [6.45, 7) is 1.30. The Balaban J connectivity index is 2.16. The Morgan fingerprint density at radius 1 is 1.71 bits per heavy atom. The molecule has 0 spiro atoms. The zero-order valence-electron chi connectivity index (χ0n) is 8.18. The SMILES string of the molecule is Cn1cc(N2CC(CN)CC2=O)cn1. The third-order valence-corrected chi connectivity index (χ3v) is 2.54. The van der Waals surface area contributed by atoms with Crippen molar-refractivity contribution < 1.29 is 4.79 Å². The maximum Gasteiger partial charge on any atom is 0.227 e. The van der Waals surface area contributed by atoms with E-state index in [4.69, 9.17) is 5.73 Å². The normalized spacial score (nSPS) is 22.0. The highest BCUT2D eigenvalue weighted by molar-refractivity contribution is 5.95. The Bertz CT molecular complexity index is 346. The lowest BCUT2D eigenvalue weighted by Crippen LogP contribution is -2.25. The van der Waals surface area contributed by atoms with E-state index in [1.807, 2.05) is 13.2 Å². The Morgan fingerprint density at radius 2 is 2.50 bits per heavy atom. The highest BCUT2D eigenvalue weighted by Crippen LogP contribution is 2.23. The van der Waals surface area contributed by atoms with Crippen LogP contribution in [0.25, 0.3) is 0 Å². The predicted molar refractivity (Wildman–Crippen MR) is 52.7 cm³/mol. The molecule has 2 rings (SSSR count). The largest absolute Gasteiger partial charge is 0.330 e. The van der Waals surface area contributed by atoms with E-state index in [1.54, 1.807) is 15.8 Å². The van der Waals surface area contributed by atoms with Crippen molar-refractivity contribution in [2.45, 2.75) is 6.42 Å². The number of nitrogens with two attached hydrogens (primary N) is 1. The van der Waals surface area contributed by atoms with E-state index in [0.717, 1.165) is 12.2 Å². The molecule has 2 heterocycles. The number of aromatic nitrogens is 2. The Labute approximate surface area is 82.5 Å². The number of amides is 1. The molecule has 1 aromatic heterocycles. The Morgan fingerprint density at radius 3 is 3.00 bits per heavy atom. The van der Waals surface area contributed by atoms with Crippen LogP contribution in [0.5, 0.6) is 0 Å². The van der Waals surface area contributed by atoms with Gasteiger partial charge in [-0.2, -0.15) is 5.10 Å². The molecule has 0 bridgehead atoms. The molecular formula is C9H14N4O. The summed E-state index contributed by atoms with van der Waals surface area (Å²) in [5.74, 6) is 0.441. The summed E-state index contributed by atoms with van der Waals surface area (Å²) in [7, 11) is 1.84. The van der Waals surface area contributed by atoms with Gasteiger partial charge in [-0.15, -0.1) is 0 Å². The third-order valence-electron chi connectivity index (χ3n) is 2.54. The third kappa shape index (κ3) is 1.50. The summed E-state index contributed by atoms with van der Waals surface area (Å²) < 4.78 is 1.69. The average molecular weight is 194 g/mol. The second-order valence-corrected chi connectivity index (χ2v) is 3.68. The van der Waals surface area contributed by atoms with Crippen LogP contribution in [-0.4, -0.2) is 28.8 Å². The lowest BCUT2D eigenvalue weighted by molar-refractivity contribution is -0.117. The van der Waals surface area contributed by atoms with Crippen molar-refractivity contribution in [3.05, 3.63) is 12.4 Å². The van der Waals surface area contributed by atoms with E-state index >= 15 is 0 Å². The fourth-order valence-electron chi connectivity index (χ4n) is 1.74. The molecule has 0 aliphatic carbocycles. The topological polar surface area (TPSA) is 64.2 Å². The summed E-state index contributed by atoms with van der Waals surface area (Å²) in [6, 6.07) is 0. The number of aryl methyl sites for hydroxylation is 1. The van der Waals surface area contributed by atoms with Crippen molar-refractivity contribution in [1.82, 2.24) is 9.78 Å². The van der Waals surface area contributed by atoms with Crippen molar-refractivity contribution in [3.63, 3.8) is 0 Å². The predicted octanol–water partition coefficient (Wildman–Crippen LogP) is -0.268. The molecule has 1 fully saturated rings. The molecule has 1 unspecified atom stereocenters. The van der Waals surface area contributed by atoms with Crippen LogP contribution in [0.4, 0.5) is 5.69 Å². The first-order valence-electron chi connectivity index (χ1n) is 4.70. The molecular weight excluding hydrogens is 180 g/mol. The van der Waals surface area contributed by atoms with Crippen LogP contribution in [0.2, 0.25) is 0 Å². The second kappa shape index (κ2) is 3.42. The van der Waals surface area contributed by atoms with Crippen molar-refractivity contribution in [1.29, 1.82) is 0 Å². The number of hydrogen-bond acceptors (Lipinski definition) is 3. The van der Waals surface area contributed by atoms with Crippen molar-refractivity contribution in [2.75, 3.05) is 18.0 Å². The molecule has 1 saturated heterocycles. The van der Waals surface area contributed by atoms with E-state index in [-0.39, 0.29) is 5.91 Å². The lowest BCUT2D eigenvalue weighted by atomic mass is 10.1. The Kier molecular flexibility index (Phi) is 2.25.